The van der Waals surface area contributed by atoms with Gasteiger partial charge in [-0.05, 0) is 21.7 Å². The van der Waals surface area contributed by atoms with Crippen LogP contribution in [-0.4, -0.2) is 0 Å². The summed E-state index contributed by atoms with van der Waals surface area (Å²) in [5.74, 6) is 0. The minimum absolute atomic E-state index is 0. The molecular weight excluding hydrogens is 420 g/mol. The molecule has 0 aliphatic carbocycles. The van der Waals surface area contributed by atoms with Gasteiger partial charge in [0.1, 0.15) is 0 Å². The summed E-state index contributed by atoms with van der Waals surface area (Å²) in [6, 6.07) is 41.9. The second-order valence-corrected chi connectivity index (χ2v) is 6.99. The Balaban J connectivity index is 0.000000180. The number of benzene rings is 4. The molecule has 0 radical (unpaired) electrons. The second-order valence-electron chi connectivity index (χ2n) is 5.59. The van der Waals surface area contributed by atoms with Crippen molar-refractivity contribution in [1.29, 1.82) is 0 Å². The Labute approximate surface area is 170 Å². The first-order chi connectivity index (χ1) is 12.4. The van der Waals surface area contributed by atoms with E-state index in [0.29, 0.717) is 0 Å². The van der Waals surface area contributed by atoms with Gasteiger partial charge in [0.25, 0.3) is 0 Å². The van der Waals surface area contributed by atoms with Crippen molar-refractivity contribution in [2.45, 2.75) is 0 Å². The fourth-order valence-electron chi connectivity index (χ4n) is 2.47. The van der Waals surface area contributed by atoms with E-state index in [1.807, 2.05) is 12.1 Å². The van der Waals surface area contributed by atoms with Gasteiger partial charge in [0, 0.05) is 19.5 Å². The van der Waals surface area contributed by atoms with Crippen LogP contribution >= 0.6 is 8.58 Å². The summed E-state index contributed by atoms with van der Waals surface area (Å²) in [7, 11) is 0.777. The Morgan fingerprint density at radius 3 is 0.923 bits per heavy atom. The number of hydrogen-bond acceptors (Lipinski definition) is 0. The molecule has 0 saturated carbocycles. The van der Waals surface area contributed by atoms with E-state index in [9.17, 15) is 0 Å². The molecule has 0 atom stereocenters. The third-order valence-corrected chi connectivity index (χ3v) is 4.96. The molecule has 0 nitrogen and oxygen atoms in total. The monoisotopic (exact) mass is 442 g/mol. The van der Waals surface area contributed by atoms with Crippen molar-refractivity contribution < 1.29 is 19.5 Å². The quantitative estimate of drug-likeness (QED) is 0.284. The van der Waals surface area contributed by atoms with E-state index in [4.69, 9.17) is 0 Å². The summed E-state index contributed by atoms with van der Waals surface area (Å²) in [5.41, 5.74) is 2.55. The van der Waals surface area contributed by atoms with Gasteiger partial charge in [-0.2, -0.15) is 0 Å². The van der Waals surface area contributed by atoms with Crippen molar-refractivity contribution in [3.05, 3.63) is 121 Å². The van der Waals surface area contributed by atoms with Crippen LogP contribution in [0.2, 0.25) is 0 Å². The predicted molar refractivity (Wildman–Crippen MR) is 112 cm³/mol. The topological polar surface area (TPSA) is 0 Å². The standard InChI is InChI=1S/C12H11P.C12H10.Ru/c1-3-7-11(8-4-1)13-12-9-5-2-6-10-12;1-3-7-11(8-4-1)12-9-5-2-6-10-12;/h1-10,13H;1-10H;. The van der Waals surface area contributed by atoms with Gasteiger partial charge in [0.2, 0.25) is 0 Å². The Hall–Kier alpha value is -2.07. The van der Waals surface area contributed by atoms with E-state index >= 15 is 0 Å². The van der Waals surface area contributed by atoms with Crippen LogP contribution in [0.25, 0.3) is 11.1 Å². The minimum atomic E-state index is 0. The van der Waals surface area contributed by atoms with Gasteiger partial charge in [-0.25, -0.2) is 0 Å². The van der Waals surface area contributed by atoms with Gasteiger partial charge >= 0.3 is 0 Å². The Bertz CT molecular complexity index is 772. The molecule has 0 amide bonds. The largest absolute Gasteiger partial charge is 0.0622 e. The van der Waals surface area contributed by atoms with Gasteiger partial charge in [-0.15, -0.1) is 0 Å². The summed E-state index contributed by atoms with van der Waals surface area (Å²) in [5, 5.41) is 2.79. The average molecular weight is 441 g/mol. The maximum absolute atomic E-state index is 2.17. The predicted octanol–water partition coefficient (Wildman–Crippen LogP) is 5.67. The zero-order valence-electron chi connectivity index (χ0n) is 14.4. The van der Waals surface area contributed by atoms with Crippen LogP contribution in [0.3, 0.4) is 0 Å². The van der Waals surface area contributed by atoms with E-state index in [2.05, 4.69) is 109 Å². The average Bonchev–Trinajstić information content (AvgIpc) is 2.71. The van der Waals surface area contributed by atoms with Gasteiger partial charge < -0.3 is 0 Å². The molecule has 2 heteroatoms. The molecule has 0 bridgehead atoms. The molecule has 0 spiro atoms. The van der Waals surface area contributed by atoms with Gasteiger partial charge in [0.05, 0.1) is 0 Å². The molecule has 0 unspecified atom stereocenters. The zero-order valence-corrected chi connectivity index (χ0v) is 17.1. The minimum Gasteiger partial charge on any atom is -0.0622 e. The van der Waals surface area contributed by atoms with Crippen LogP contribution in [0.5, 0.6) is 0 Å². The second kappa shape index (κ2) is 11.5. The molecule has 4 aromatic rings. The normalized spacial score (nSPS) is 9.38. The van der Waals surface area contributed by atoms with Crippen molar-refractivity contribution in [1.82, 2.24) is 0 Å². The van der Waals surface area contributed by atoms with E-state index in [1.165, 1.54) is 21.7 Å². The summed E-state index contributed by atoms with van der Waals surface area (Å²) in [4.78, 5) is 0. The third kappa shape index (κ3) is 6.68. The molecule has 0 saturated heterocycles. The van der Waals surface area contributed by atoms with Crippen LogP contribution in [0.1, 0.15) is 0 Å². The summed E-state index contributed by atoms with van der Waals surface area (Å²) < 4.78 is 0. The van der Waals surface area contributed by atoms with Crippen LogP contribution in [0.15, 0.2) is 121 Å². The van der Waals surface area contributed by atoms with Gasteiger partial charge in [0.15, 0.2) is 0 Å². The molecule has 0 heterocycles. The zero-order chi connectivity index (χ0) is 17.2. The van der Waals surface area contributed by atoms with Crippen molar-refractivity contribution in [2.75, 3.05) is 0 Å². The van der Waals surface area contributed by atoms with E-state index in [0.717, 1.165) is 8.58 Å². The molecule has 130 valence electrons. The molecule has 26 heavy (non-hydrogen) atoms. The molecule has 4 aromatic carbocycles. The van der Waals surface area contributed by atoms with Crippen molar-refractivity contribution >= 4 is 19.2 Å². The van der Waals surface area contributed by atoms with Crippen LogP contribution in [-0.2, 0) is 19.5 Å². The molecule has 0 aliphatic rings. The smallest absolute Gasteiger partial charge is 0 e. The fourth-order valence-corrected chi connectivity index (χ4v) is 3.52. The fraction of sp³-hybridized carbons (Fsp3) is 0. The molecular formula is C24H21PRu. The first kappa shape index (κ1) is 20.2. The first-order valence-electron chi connectivity index (χ1n) is 8.39. The molecule has 4 rings (SSSR count). The Morgan fingerprint density at radius 1 is 0.346 bits per heavy atom. The summed E-state index contributed by atoms with van der Waals surface area (Å²) in [6.45, 7) is 0. The van der Waals surface area contributed by atoms with Crippen molar-refractivity contribution in [3.8, 4) is 11.1 Å². The molecule has 0 fully saturated rings. The van der Waals surface area contributed by atoms with Crippen molar-refractivity contribution in [3.63, 3.8) is 0 Å². The first-order valence-corrected chi connectivity index (χ1v) is 9.39. The maximum atomic E-state index is 2.17. The van der Waals surface area contributed by atoms with Crippen molar-refractivity contribution in [2.24, 2.45) is 0 Å². The van der Waals surface area contributed by atoms with E-state index in [1.54, 1.807) is 0 Å². The number of hydrogen-bond donors (Lipinski definition) is 0. The summed E-state index contributed by atoms with van der Waals surface area (Å²) in [6.07, 6.45) is 0. The molecule has 0 N–H and O–H groups in total. The van der Waals surface area contributed by atoms with E-state index in [-0.39, 0.29) is 19.5 Å². The Kier molecular flexibility index (Phi) is 8.98. The molecule has 0 aromatic heterocycles. The maximum Gasteiger partial charge on any atom is 0 e. The van der Waals surface area contributed by atoms with E-state index < -0.39 is 0 Å². The van der Waals surface area contributed by atoms with Crippen LogP contribution in [0, 0.1) is 0 Å². The number of rotatable bonds is 3. The van der Waals surface area contributed by atoms with Crippen LogP contribution < -0.4 is 10.6 Å². The molecule has 0 aliphatic heterocycles. The SMILES string of the molecule is [Ru].c1ccc(-c2ccccc2)cc1.c1ccc(Pc2ccccc2)cc1. The third-order valence-electron chi connectivity index (χ3n) is 3.72. The van der Waals surface area contributed by atoms with Crippen LogP contribution in [0.4, 0.5) is 0 Å². The Morgan fingerprint density at radius 2 is 0.615 bits per heavy atom. The summed E-state index contributed by atoms with van der Waals surface area (Å²) >= 11 is 0. The van der Waals surface area contributed by atoms with Gasteiger partial charge in [-0.1, -0.05) is 130 Å². The van der Waals surface area contributed by atoms with Gasteiger partial charge in [-0.3, -0.25) is 0 Å².